The minimum Gasteiger partial charge on any atom is -0.496 e. The highest BCUT2D eigenvalue weighted by molar-refractivity contribution is 6.01. The van der Waals surface area contributed by atoms with Gasteiger partial charge in [0.25, 0.3) is 5.91 Å². The van der Waals surface area contributed by atoms with Gasteiger partial charge < -0.3 is 30.2 Å². The van der Waals surface area contributed by atoms with Gasteiger partial charge in [-0.25, -0.2) is 9.37 Å². The fourth-order valence-corrected chi connectivity index (χ4v) is 6.14. The molecule has 1 aliphatic heterocycles. The Hall–Kier alpha value is -5.07. The summed E-state index contributed by atoms with van der Waals surface area (Å²) in [4.78, 5) is 24.2. The molecule has 1 saturated heterocycles. The van der Waals surface area contributed by atoms with Crippen LogP contribution in [0.5, 0.6) is 5.75 Å². The summed E-state index contributed by atoms with van der Waals surface area (Å²) in [6.07, 6.45) is 4.87. The molecule has 1 amide bonds. The van der Waals surface area contributed by atoms with Gasteiger partial charge in [0.05, 0.1) is 47.2 Å². The molecule has 1 aliphatic rings. The molecule has 2 aromatic carbocycles. The number of carbonyl (C=O) groups is 1. The summed E-state index contributed by atoms with van der Waals surface area (Å²) in [5.74, 6) is -0.194. The quantitative estimate of drug-likeness (QED) is 0.181. The van der Waals surface area contributed by atoms with Crippen molar-refractivity contribution in [2.75, 3.05) is 45.1 Å². The van der Waals surface area contributed by atoms with Crippen molar-refractivity contribution >= 4 is 28.3 Å². The lowest BCUT2D eigenvalue weighted by molar-refractivity contribution is -0.108. The van der Waals surface area contributed by atoms with Gasteiger partial charge in [0, 0.05) is 45.6 Å². The van der Waals surface area contributed by atoms with E-state index in [1.807, 2.05) is 48.8 Å². The third-order valence-electron chi connectivity index (χ3n) is 8.61. The predicted molar refractivity (Wildman–Crippen MR) is 178 cm³/mol. The number of fused-ring (bicyclic) bond motifs is 1. The number of hydrogen-bond donors (Lipinski definition) is 2. The summed E-state index contributed by atoms with van der Waals surface area (Å²) in [5.41, 5.74) is 13.0. The standard InChI is InChI=1S/C35H38FN7O4/c1-5-22-18-39-33(37)30-31(23-8-6-21(7-9-23)17-40-34(44)27-16-24(36)10-13-29(27)45-2)41-43(32(22)30)26-14-15-42(20-26)25-11-12-28(38-19-25)35(46-3)47-4/h6-13,16,18-19,26,35H,5,14-15,17,20H2,1-4H3,(H2,37,39)(H,40,44). The van der Waals surface area contributed by atoms with E-state index < -0.39 is 18.0 Å². The van der Waals surface area contributed by atoms with E-state index >= 15 is 0 Å². The number of anilines is 2. The van der Waals surface area contributed by atoms with Crippen LogP contribution >= 0.6 is 0 Å². The SMILES string of the molecule is CCc1cnc(N)c2c(-c3ccc(CNC(=O)c4cc(F)ccc4OC)cc3)nn(C3CCN(c4ccc(C(OC)OC)nc4)C3)c12. The lowest BCUT2D eigenvalue weighted by Crippen LogP contribution is -2.23. The van der Waals surface area contributed by atoms with Gasteiger partial charge >= 0.3 is 0 Å². The highest BCUT2D eigenvalue weighted by Gasteiger charge is 2.29. The monoisotopic (exact) mass is 639 g/mol. The Labute approximate surface area is 272 Å². The molecule has 6 rings (SSSR count). The average molecular weight is 640 g/mol. The molecule has 0 aliphatic carbocycles. The first-order valence-corrected chi connectivity index (χ1v) is 15.5. The number of hydrogen-bond acceptors (Lipinski definition) is 9. The van der Waals surface area contributed by atoms with Gasteiger partial charge in [-0.15, -0.1) is 0 Å². The molecule has 47 heavy (non-hydrogen) atoms. The van der Waals surface area contributed by atoms with Gasteiger partial charge in [-0.1, -0.05) is 31.2 Å². The highest BCUT2D eigenvalue weighted by atomic mass is 19.1. The molecule has 0 saturated carbocycles. The first kappa shape index (κ1) is 31.9. The number of amides is 1. The number of halogens is 1. The number of ether oxygens (including phenoxy) is 3. The van der Waals surface area contributed by atoms with E-state index in [0.717, 1.165) is 71.0 Å². The minimum atomic E-state index is -0.508. The number of nitrogen functional groups attached to an aromatic ring is 1. The molecule has 1 atom stereocenters. The fraction of sp³-hybridized carbons (Fsp3) is 0.314. The van der Waals surface area contributed by atoms with Gasteiger partial charge in [0.2, 0.25) is 6.29 Å². The normalized spacial score (nSPS) is 14.7. The Morgan fingerprint density at radius 1 is 1.06 bits per heavy atom. The zero-order valence-corrected chi connectivity index (χ0v) is 26.9. The molecule has 1 unspecified atom stereocenters. The van der Waals surface area contributed by atoms with E-state index in [1.54, 1.807) is 14.2 Å². The maximum absolute atomic E-state index is 13.8. The molecule has 5 aromatic rings. The van der Waals surface area contributed by atoms with Crippen LogP contribution < -0.4 is 20.7 Å². The van der Waals surface area contributed by atoms with Crippen molar-refractivity contribution in [3.05, 3.63) is 95.2 Å². The molecule has 3 N–H and O–H groups in total. The molecule has 12 heteroatoms. The second-order valence-electron chi connectivity index (χ2n) is 11.4. The van der Waals surface area contributed by atoms with Gasteiger partial charge in [-0.05, 0) is 54.3 Å². The maximum atomic E-state index is 13.8. The number of nitrogens with one attached hydrogen (secondary N) is 1. The Balaban J connectivity index is 1.24. The molecule has 0 radical (unpaired) electrons. The number of carbonyl (C=O) groups excluding carboxylic acids is 1. The van der Waals surface area contributed by atoms with Gasteiger partial charge in [-0.2, -0.15) is 5.10 Å². The van der Waals surface area contributed by atoms with E-state index in [4.69, 9.17) is 25.0 Å². The van der Waals surface area contributed by atoms with E-state index in [-0.39, 0.29) is 18.2 Å². The number of pyridine rings is 2. The molecule has 3 aromatic heterocycles. The van der Waals surface area contributed by atoms with Crippen molar-refractivity contribution < 1.29 is 23.4 Å². The molecule has 4 heterocycles. The van der Waals surface area contributed by atoms with Crippen molar-refractivity contribution in [1.82, 2.24) is 25.1 Å². The van der Waals surface area contributed by atoms with Crippen LogP contribution in [-0.2, 0) is 22.4 Å². The molecule has 244 valence electrons. The highest BCUT2D eigenvalue weighted by Crippen LogP contribution is 2.37. The zero-order chi connectivity index (χ0) is 33.1. The zero-order valence-electron chi connectivity index (χ0n) is 26.9. The predicted octanol–water partition coefficient (Wildman–Crippen LogP) is 5.46. The summed E-state index contributed by atoms with van der Waals surface area (Å²) in [6.45, 7) is 3.97. The Morgan fingerprint density at radius 3 is 2.53 bits per heavy atom. The maximum Gasteiger partial charge on any atom is 0.255 e. The van der Waals surface area contributed by atoms with Crippen LogP contribution in [0.15, 0.2) is 67.0 Å². The van der Waals surface area contributed by atoms with E-state index in [9.17, 15) is 9.18 Å². The van der Waals surface area contributed by atoms with Crippen LogP contribution in [-0.4, -0.2) is 60.1 Å². The third-order valence-corrected chi connectivity index (χ3v) is 8.61. The minimum absolute atomic E-state index is 0.109. The number of aryl methyl sites for hydroxylation is 1. The summed E-state index contributed by atoms with van der Waals surface area (Å²) in [7, 11) is 4.62. The van der Waals surface area contributed by atoms with E-state index in [2.05, 4.69) is 31.8 Å². The molecule has 0 bridgehead atoms. The van der Waals surface area contributed by atoms with Crippen molar-refractivity contribution in [3.8, 4) is 17.0 Å². The molecule has 0 spiro atoms. The van der Waals surface area contributed by atoms with Crippen molar-refractivity contribution in [2.45, 2.75) is 38.6 Å². The fourth-order valence-electron chi connectivity index (χ4n) is 6.14. The van der Waals surface area contributed by atoms with Crippen LogP contribution in [0.1, 0.15) is 52.9 Å². The number of benzene rings is 2. The summed E-state index contributed by atoms with van der Waals surface area (Å²) in [5, 5.41) is 8.85. The summed E-state index contributed by atoms with van der Waals surface area (Å²) < 4.78 is 31.8. The Bertz CT molecular complexity index is 1870. The van der Waals surface area contributed by atoms with Crippen molar-refractivity contribution in [3.63, 3.8) is 0 Å². The molecule has 11 nitrogen and oxygen atoms in total. The average Bonchev–Trinajstić information content (AvgIpc) is 3.75. The molecular formula is C35H38FN7O4. The van der Waals surface area contributed by atoms with Crippen LogP contribution in [0.2, 0.25) is 0 Å². The number of nitrogens with two attached hydrogens (primary N) is 1. The molecular weight excluding hydrogens is 601 g/mol. The summed E-state index contributed by atoms with van der Waals surface area (Å²) >= 11 is 0. The summed E-state index contributed by atoms with van der Waals surface area (Å²) in [6, 6.07) is 15.7. The van der Waals surface area contributed by atoms with Crippen LogP contribution in [0, 0.1) is 5.82 Å². The topological polar surface area (TPSA) is 130 Å². The number of aromatic nitrogens is 4. The van der Waals surface area contributed by atoms with Gasteiger partial charge in [0.15, 0.2) is 0 Å². The largest absolute Gasteiger partial charge is 0.496 e. The van der Waals surface area contributed by atoms with Gasteiger partial charge in [-0.3, -0.25) is 14.5 Å². The van der Waals surface area contributed by atoms with Crippen molar-refractivity contribution in [2.24, 2.45) is 0 Å². The van der Waals surface area contributed by atoms with Crippen molar-refractivity contribution in [1.29, 1.82) is 0 Å². The second-order valence-corrected chi connectivity index (χ2v) is 11.4. The van der Waals surface area contributed by atoms with Crippen LogP contribution in [0.25, 0.3) is 22.2 Å². The van der Waals surface area contributed by atoms with Gasteiger partial charge in [0.1, 0.15) is 23.1 Å². The smallest absolute Gasteiger partial charge is 0.255 e. The number of nitrogens with zero attached hydrogens (tertiary/aromatic N) is 5. The first-order valence-electron chi connectivity index (χ1n) is 15.5. The van der Waals surface area contributed by atoms with E-state index in [1.165, 1.54) is 19.2 Å². The number of methoxy groups -OCH3 is 3. The first-order chi connectivity index (χ1) is 22.8. The lowest BCUT2D eigenvalue weighted by atomic mass is 10.0. The molecule has 1 fully saturated rings. The Morgan fingerprint density at radius 2 is 1.85 bits per heavy atom. The Kier molecular flexibility index (Phi) is 9.32. The second kappa shape index (κ2) is 13.7. The lowest BCUT2D eigenvalue weighted by Gasteiger charge is -2.20. The van der Waals surface area contributed by atoms with Crippen LogP contribution in [0.4, 0.5) is 15.9 Å². The van der Waals surface area contributed by atoms with Crippen LogP contribution in [0.3, 0.4) is 0 Å². The van der Waals surface area contributed by atoms with E-state index in [0.29, 0.717) is 17.3 Å². The number of rotatable bonds is 11. The third kappa shape index (κ3) is 6.34.